The molecule has 4 aliphatic carbocycles. The number of aliphatic hydroxyl groups excluding tert-OH is 1. The topological polar surface area (TPSA) is 20.2 Å². The van der Waals surface area contributed by atoms with Crippen molar-refractivity contribution < 1.29 is 6.48 Å². The van der Waals surface area contributed by atoms with E-state index in [1.54, 1.807) is 12.6 Å². The van der Waals surface area contributed by atoms with Gasteiger partial charge in [0.2, 0.25) is 0 Å². The Balaban J connectivity index is 1.55. The van der Waals surface area contributed by atoms with Gasteiger partial charge in [0.15, 0.2) is 0 Å². The summed E-state index contributed by atoms with van der Waals surface area (Å²) in [5.41, 5.74) is 2.25. The molecule has 3 radical (unpaired) electrons. The van der Waals surface area contributed by atoms with E-state index in [0.29, 0.717) is 28.5 Å². The average Bonchev–Trinajstić information content (AvgIpc) is 3.13. The van der Waals surface area contributed by atoms with Crippen molar-refractivity contribution in [2.24, 2.45) is 46.3 Å². The zero-order valence-electron chi connectivity index (χ0n) is 23.1. The van der Waals surface area contributed by atoms with Crippen molar-refractivity contribution in [2.45, 2.75) is 111 Å². The molecule has 177 valence electrons. The second kappa shape index (κ2) is 9.49. The van der Waals surface area contributed by atoms with Crippen molar-refractivity contribution in [1.29, 1.82) is 0 Å². The van der Waals surface area contributed by atoms with Crippen LogP contribution in [0.2, 0.25) is 11.6 Å². The second-order valence-corrected chi connectivity index (χ2v) is 13.1. The van der Waals surface area contributed by atoms with Gasteiger partial charge in [-0.05, 0) is 103 Å². The van der Waals surface area contributed by atoms with Crippen molar-refractivity contribution in [3.8, 4) is 12.3 Å². The second-order valence-electron chi connectivity index (χ2n) is 13.1. The largest absolute Gasteiger partial charge is 0.393 e. The molecule has 4 rings (SSSR count). The van der Waals surface area contributed by atoms with Crippen LogP contribution in [-0.4, -0.2) is 32.6 Å². The van der Waals surface area contributed by atoms with Gasteiger partial charge in [0, 0.05) is 16.2 Å². The third-order valence-corrected chi connectivity index (χ3v) is 11.6. The van der Waals surface area contributed by atoms with Gasteiger partial charge in [0.1, 0.15) is 6.60 Å². The number of terminal acetylenes is 1. The van der Waals surface area contributed by atoms with Gasteiger partial charge in [-0.25, -0.2) is 0 Å². The SMILES string of the molecule is [2H]C(C)(C)C(C#C)B([B][B])C(C)[C@@H](C)[C@H]1CC[C@H]2[C@@H]3CC=C4C[C@@H](O)CC[C@]4(C)[C@H]3CC[C@]12C. The quantitative estimate of drug-likeness (QED) is 0.286. The van der Waals surface area contributed by atoms with Gasteiger partial charge in [-0.3, -0.25) is 0 Å². The molecular weight excluding hydrogens is 397 g/mol. The molecule has 0 spiro atoms. The highest BCUT2D eigenvalue weighted by Gasteiger charge is 2.59. The third kappa shape index (κ3) is 4.11. The molecule has 1 N–H and O–H groups in total. The van der Waals surface area contributed by atoms with Crippen LogP contribution >= 0.6 is 0 Å². The van der Waals surface area contributed by atoms with E-state index in [9.17, 15) is 5.11 Å². The highest BCUT2D eigenvalue weighted by atomic mass is 16.3. The lowest BCUT2D eigenvalue weighted by molar-refractivity contribution is -0.0569. The van der Waals surface area contributed by atoms with E-state index >= 15 is 0 Å². The normalized spacial score (nSPS) is 43.5. The van der Waals surface area contributed by atoms with E-state index in [-0.39, 0.29) is 18.5 Å². The molecule has 0 heterocycles. The Kier molecular flexibility index (Phi) is 6.95. The summed E-state index contributed by atoms with van der Waals surface area (Å²) >= 11 is 0. The van der Waals surface area contributed by atoms with E-state index in [0.717, 1.165) is 37.0 Å². The van der Waals surface area contributed by atoms with Gasteiger partial charge in [0.05, 0.1) is 6.10 Å². The maximum atomic E-state index is 10.3. The minimum Gasteiger partial charge on any atom is -0.393 e. The summed E-state index contributed by atoms with van der Waals surface area (Å²) in [6.45, 7) is 13.8. The zero-order chi connectivity index (χ0) is 25.1. The Morgan fingerprint density at radius 3 is 2.55 bits per heavy atom. The molecule has 0 aliphatic heterocycles. The number of hydrogen-bond donors (Lipinski definition) is 1. The number of allylic oxidation sites excluding steroid dienone is 1. The van der Waals surface area contributed by atoms with Crippen LogP contribution < -0.4 is 0 Å². The van der Waals surface area contributed by atoms with Crippen LogP contribution in [0.25, 0.3) is 0 Å². The Labute approximate surface area is 208 Å². The lowest BCUT2D eigenvalue weighted by Gasteiger charge is -2.58. The highest BCUT2D eigenvalue weighted by Crippen LogP contribution is 2.67. The zero-order valence-corrected chi connectivity index (χ0v) is 22.1. The van der Waals surface area contributed by atoms with E-state index in [1.807, 2.05) is 13.8 Å². The predicted molar refractivity (Wildman–Crippen MR) is 144 cm³/mol. The van der Waals surface area contributed by atoms with Crippen molar-refractivity contribution in [1.82, 2.24) is 0 Å². The molecule has 10 atom stereocenters. The van der Waals surface area contributed by atoms with E-state index in [2.05, 4.69) is 39.7 Å². The molecule has 0 aromatic rings. The first-order chi connectivity index (χ1) is 15.9. The smallest absolute Gasteiger partial charge is 0.113 e. The Hall–Kier alpha value is -0.545. The van der Waals surface area contributed by atoms with Crippen LogP contribution in [0.3, 0.4) is 0 Å². The Morgan fingerprint density at radius 1 is 1.18 bits per heavy atom. The molecule has 0 aromatic heterocycles. The van der Waals surface area contributed by atoms with Crippen LogP contribution in [0.1, 0.15) is 94.3 Å². The van der Waals surface area contributed by atoms with Crippen LogP contribution in [0.5, 0.6) is 0 Å². The maximum absolute atomic E-state index is 10.3. The summed E-state index contributed by atoms with van der Waals surface area (Å²) in [4.78, 5) is 0. The highest BCUT2D eigenvalue weighted by molar-refractivity contribution is 7.32. The first kappa shape index (κ1) is 24.2. The molecule has 1 nitrogen and oxygen atoms in total. The summed E-state index contributed by atoms with van der Waals surface area (Å²) in [7, 11) is 8.00. The summed E-state index contributed by atoms with van der Waals surface area (Å²) in [5, 5.41) is 10.3. The van der Waals surface area contributed by atoms with Crippen LogP contribution in [0.4, 0.5) is 0 Å². The minimum absolute atomic E-state index is 0.0687. The van der Waals surface area contributed by atoms with Crippen LogP contribution in [0.15, 0.2) is 11.6 Å². The molecule has 2 unspecified atom stereocenters. The first-order valence-corrected chi connectivity index (χ1v) is 13.8. The predicted octanol–water partition coefficient (Wildman–Crippen LogP) is 6.39. The lowest BCUT2D eigenvalue weighted by atomic mass is 9.05. The molecule has 0 amide bonds. The van der Waals surface area contributed by atoms with E-state index in [4.69, 9.17) is 15.5 Å². The van der Waals surface area contributed by atoms with Gasteiger partial charge in [-0.15, -0.1) is 12.3 Å². The number of fused-ring (bicyclic) bond motifs is 5. The summed E-state index contributed by atoms with van der Waals surface area (Å²) in [5.74, 6) is 6.02. The number of aliphatic hydroxyl groups is 1. The number of hydrogen-bond acceptors (Lipinski definition) is 1. The molecule has 3 fully saturated rings. The van der Waals surface area contributed by atoms with Crippen molar-refractivity contribution in [2.75, 3.05) is 0 Å². The van der Waals surface area contributed by atoms with Crippen molar-refractivity contribution >= 4 is 21.4 Å². The summed E-state index contributed by atoms with van der Waals surface area (Å²) < 4.78 is 8.62. The molecule has 3 saturated carbocycles. The van der Waals surface area contributed by atoms with Crippen LogP contribution in [-0.2, 0) is 0 Å². The van der Waals surface area contributed by atoms with Crippen molar-refractivity contribution in [3.63, 3.8) is 0 Å². The molecule has 0 aromatic carbocycles. The van der Waals surface area contributed by atoms with Gasteiger partial charge in [0.25, 0.3) is 0 Å². The van der Waals surface area contributed by atoms with E-state index < -0.39 is 5.89 Å². The minimum atomic E-state index is -0.696. The molecule has 4 heteroatoms. The maximum Gasteiger partial charge on any atom is 0.113 e. The van der Waals surface area contributed by atoms with Gasteiger partial charge < -0.3 is 5.11 Å². The van der Waals surface area contributed by atoms with Gasteiger partial charge in [-0.1, -0.05) is 59.0 Å². The molecule has 0 bridgehead atoms. The standard InChI is InChI=1S/C29H46B3O/c1-8-27(18(2)3)32(31-30)20(5)19(4)24-11-12-25-23-10-9-21-17-22(33)13-15-28(21,6)26(23)14-16-29(24,25)7/h1,9,18-20,22-27,33H,10-17H2,2-7H3/t19-,20?,22+,23+,24-,25+,26+,27?,28+,29-/m1/s1/i18D. The fourth-order valence-corrected chi connectivity index (χ4v) is 9.52. The Bertz CT molecular complexity index is 830. The lowest BCUT2D eigenvalue weighted by Crippen LogP contribution is -2.51. The van der Waals surface area contributed by atoms with Gasteiger partial charge in [-0.2, -0.15) is 0 Å². The number of rotatable bonds is 6. The monoisotopic (exact) mass is 444 g/mol. The van der Waals surface area contributed by atoms with Crippen LogP contribution in [0, 0.1) is 58.7 Å². The fraction of sp³-hybridized carbons (Fsp3) is 0.862. The summed E-state index contributed by atoms with van der Waals surface area (Å²) in [6.07, 6.45) is 17.9. The van der Waals surface area contributed by atoms with E-state index in [1.165, 1.54) is 32.1 Å². The molecule has 4 aliphatic rings. The Morgan fingerprint density at radius 2 is 1.91 bits per heavy atom. The molecular formula is C29H46B3O. The molecule has 33 heavy (non-hydrogen) atoms. The van der Waals surface area contributed by atoms with Gasteiger partial charge >= 0.3 is 0 Å². The molecule has 0 saturated heterocycles. The fourth-order valence-electron chi connectivity index (χ4n) is 9.52. The van der Waals surface area contributed by atoms with Crippen molar-refractivity contribution in [3.05, 3.63) is 11.6 Å². The average molecular weight is 444 g/mol. The summed E-state index contributed by atoms with van der Waals surface area (Å²) in [6, 6.07) is 0. The first-order valence-electron chi connectivity index (χ1n) is 14.3. The third-order valence-electron chi connectivity index (χ3n) is 11.6.